The maximum atomic E-state index is 6.24. The van der Waals surface area contributed by atoms with Crippen molar-refractivity contribution in [1.29, 1.82) is 0 Å². The topological polar surface area (TPSA) is 38.5 Å². The van der Waals surface area contributed by atoms with E-state index in [1.54, 1.807) is 0 Å². The first-order valence-electron chi connectivity index (χ1n) is 6.68. The number of ether oxygens (including phenoxy) is 1. The van der Waals surface area contributed by atoms with Gasteiger partial charge in [0.25, 0.3) is 0 Å². The van der Waals surface area contributed by atoms with Crippen molar-refractivity contribution in [3.05, 3.63) is 48.0 Å². The molecule has 3 nitrogen and oxygen atoms in total. The Hall–Kier alpha value is -2.16. The average molecular weight is 254 g/mol. The SMILES string of the molecule is CCOc1cccc(N2CCc3ccccc32)c1N. The number of para-hydroxylation sites is 2. The van der Waals surface area contributed by atoms with Crippen molar-refractivity contribution >= 4 is 17.1 Å². The number of fused-ring (bicyclic) bond motifs is 1. The van der Waals surface area contributed by atoms with Crippen molar-refractivity contribution in [3.8, 4) is 5.75 Å². The highest BCUT2D eigenvalue weighted by Gasteiger charge is 2.22. The highest BCUT2D eigenvalue weighted by molar-refractivity contribution is 5.81. The zero-order chi connectivity index (χ0) is 13.2. The third-order valence-corrected chi connectivity index (χ3v) is 3.52. The molecular weight excluding hydrogens is 236 g/mol. The van der Waals surface area contributed by atoms with Gasteiger partial charge < -0.3 is 15.4 Å². The van der Waals surface area contributed by atoms with Crippen LogP contribution in [0.4, 0.5) is 17.1 Å². The fourth-order valence-electron chi connectivity index (χ4n) is 2.64. The lowest BCUT2D eigenvalue weighted by Crippen LogP contribution is -2.15. The van der Waals surface area contributed by atoms with Gasteiger partial charge in [0, 0.05) is 12.2 Å². The first kappa shape index (κ1) is 11.9. The Balaban J connectivity index is 2.02. The number of nitrogens with two attached hydrogens (primary N) is 1. The third-order valence-electron chi connectivity index (χ3n) is 3.52. The maximum Gasteiger partial charge on any atom is 0.144 e. The fraction of sp³-hybridized carbons (Fsp3) is 0.250. The molecule has 1 aliphatic rings. The highest BCUT2D eigenvalue weighted by Crippen LogP contribution is 2.40. The van der Waals surface area contributed by atoms with Crippen molar-refractivity contribution in [2.45, 2.75) is 13.3 Å². The Bertz CT molecular complexity index is 595. The quantitative estimate of drug-likeness (QED) is 0.853. The molecule has 19 heavy (non-hydrogen) atoms. The zero-order valence-corrected chi connectivity index (χ0v) is 11.1. The van der Waals surface area contributed by atoms with E-state index in [4.69, 9.17) is 10.5 Å². The largest absolute Gasteiger partial charge is 0.492 e. The van der Waals surface area contributed by atoms with Gasteiger partial charge >= 0.3 is 0 Å². The Morgan fingerprint density at radius 2 is 1.89 bits per heavy atom. The molecule has 2 aromatic carbocycles. The normalized spacial score (nSPS) is 13.4. The Morgan fingerprint density at radius 3 is 2.74 bits per heavy atom. The smallest absolute Gasteiger partial charge is 0.144 e. The Labute approximate surface area is 113 Å². The van der Waals surface area contributed by atoms with E-state index in [9.17, 15) is 0 Å². The molecule has 0 radical (unpaired) electrons. The van der Waals surface area contributed by atoms with Crippen LogP contribution in [-0.2, 0) is 6.42 Å². The van der Waals surface area contributed by atoms with Crippen LogP contribution in [0.2, 0.25) is 0 Å². The van der Waals surface area contributed by atoms with Gasteiger partial charge in [-0.25, -0.2) is 0 Å². The highest BCUT2D eigenvalue weighted by atomic mass is 16.5. The van der Waals surface area contributed by atoms with Gasteiger partial charge in [-0.1, -0.05) is 24.3 Å². The van der Waals surface area contributed by atoms with Gasteiger partial charge in [0.2, 0.25) is 0 Å². The second-order valence-corrected chi connectivity index (χ2v) is 4.65. The van der Waals surface area contributed by atoms with E-state index in [0.717, 1.165) is 30.1 Å². The minimum absolute atomic E-state index is 0.629. The summed E-state index contributed by atoms with van der Waals surface area (Å²) in [7, 11) is 0. The van der Waals surface area contributed by atoms with Crippen LogP contribution in [0.3, 0.4) is 0 Å². The van der Waals surface area contributed by atoms with Gasteiger partial charge in [0.1, 0.15) is 5.75 Å². The summed E-state index contributed by atoms with van der Waals surface area (Å²) in [5.41, 5.74) is 10.6. The molecular formula is C16H18N2O. The van der Waals surface area contributed by atoms with Crippen LogP contribution in [-0.4, -0.2) is 13.2 Å². The molecule has 3 rings (SSSR count). The molecule has 1 heterocycles. The molecule has 3 heteroatoms. The zero-order valence-electron chi connectivity index (χ0n) is 11.1. The molecule has 0 fully saturated rings. The predicted molar refractivity (Wildman–Crippen MR) is 79.2 cm³/mol. The third kappa shape index (κ3) is 2.01. The van der Waals surface area contributed by atoms with Crippen molar-refractivity contribution < 1.29 is 4.74 Å². The van der Waals surface area contributed by atoms with Crippen molar-refractivity contribution in [2.24, 2.45) is 0 Å². The minimum Gasteiger partial charge on any atom is -0.492 e. The molecule has 0 aromatic heterocycles. The summed E-state index contributed by atoms with van der Waals surface area (Å²) in [6, 6.07) is 14.5. The van der Waals surface area contributed by atoms with Crippen molar-refractivity contribution in [2.75, 3.05) is 23.8 Å². The number of hydrogen-bond acceptors (Lipinski definition) is 3. The summed E-state index contributed by atoms with van der Waals surface area (Å²) < 4.78 is 5.57. The van der Waals surface area contributed by atoms with Crippen LogP contribution in [0, 0.1) is 0 Å². The average Bonchev–Trinajstić information content (AvgIpc) is 2.85. The molecule has 0 bridgehead atoms. The minimum atomic E-state index is 0.629. The molecule has 0 saturated carbocycles. The Kier molecular flexibility index (Phi) is 3.03. The maximum absolute atomic E-state index is 6.24. The summed E-state index contributed by atoms with van der Waals surface area (Å²) in [6.45, 7) is 3.57. The van der Waals surface area contributed by atoms with Crippen LogP contribution in [0.5, 0.6) is 5.75 Å². The monoisotopic (exact) mass is 254 g/mol. The summed E-state index contributed by atoms with van der Waals surface area (Å²) in [4.78, 5) is 2.27. The fourth-order valence-corrected chi connectivity index (χ4v) is 2.64. The van der Waals surface area contributed by atoms with Crippen molar-refractivity contribution in [1.82, 2.24) is 0 Å². The van der Waals surface area contributed by atoms with E-state index in [0.29, 0.717) is 6.61 Å². The van der Waals surface area contributed by atoms with Gasteiger partial charge in [-0.3, -0.25) is 0 Å². The van der Waals surface area contributed by atoms with Gasteiger partial charge in [-0.15, -0.1) is 0 Å². The second-order valence-electron chi connectivity index (χ2n) is 4.65. The molecule has 1 aliphatic heterocycles. The summed E-state index contributed by atoms with van der Waals surface area (Å²) in [5.74, 6) is 0.768. The molecule has 2 N–H and O–H groups in total. The predicted octanol–water partition coefficient (Wildman–Crippen LogP) is 3.36. The van der Waals surface area contributed by atoms with E-state index >= 15 is 0 Å². The summed E-state index contributed by atoms with van der Waals surface area (Å²) in [5, 5.41) is 0. The van der Waals surface area contributed by atoms with Crippen LogP contribution in [0.25, 0.3) is 0 Å². The first-order valence-corrected chi connectivity index (χ1v) is 6.68. The molecule has 0 atom stereocenters. The van der Waals surface area contributed by atoms with Gasteiger partial charge in [0.05, 0.1) is 18.0 Å². The molecule has 0 saturated heterocycles. The van der Waals surface area contributed by atoms with Crippen LogP contribution in [0.1, 0.15) is 12.5 Å². The number of benzene rings is 2. The molecule has 0 spiro atoms. The summed E-state index contributed by atoms with van der Waals surface area (Å²) in [6.07, 6.45) is 1.06. The van der Waals surface area contributed by atoms with E-state index in [-0.39, 0.29) is 0 Å². The number of nitrogens with zero attached hydrogens (tertiary/aromatic N) is 1. The molecule has 98 valence electrons. The molecule has 0 unspecified atom stereocenters. The van der Waals surface area contributed by atoms with E-state index in [1.807, 2.05) is 19.1 Å². The van der Waals surface area contributed by atoms with Crippen molar-refractivity contribution in [3.63, 3.8) is 0 Å². The molecule has 2 aromatic rings. The first-order chi connectivity index (χ1) is 9.31. The van der Waals surface area contributed by atoms with Crippen LogP contribution >= 0.6 is 0 Å². The van der Waals surface area contributed by atoms with Gasteiger partial charge in [0.15, 0.2) is 0 Å². The van der Waals surface area contributed by atoms with E-state index in [2.05, 4.69) is 35.2 Å². The van der Waals surface area contributed by atoms with Gasteiger partial charge in [-0.05, 0) is 37.1 Å². The second kappa shape index (κ2) is 4.84. The van der Waals surface area contributed by atoms with Gasteiger partial charge in [-0.2, -0.15) is 0 Å². The molecule has 0 aliphatic carbocycles. The number of nitrogen functional groups attached to an aromatic ring is 1. The lowest BCUT2D eigenvalue weighted by atomic mass is 10.1. The Morgan fingerprint density at radius 1 is 1.11 bits per heavy atom. The summed E-state index contributed by atoms with van der Waals surface area (Å²) >= 11 is 0. The lowest BCUT2D eigenvalue weighted by molar-refractivity contribution is 0.342. The molecule has 0 amide bonds. The number of hydrogen-bond donors (Lipinski definition) is 1. The van der Waals surface area contributed by atoms with E-state index < -0.39 is 0 Å². The number of rotatable bonds is 3. The lowest BCUT2D eigenvalue weighted by Gasteiger charge is -2.22. The van der Waals surface area contributed by atoms with E-state index in [1.165, 1.54) is 11.3 Å². The standard InChI is InChI=1S/C16H18N2O/c1-2-19-15-9-5-8-14(16(15)17)18-11-10-12-6-3-4-7-13(12)18/h3-9H,2,10-11,17H2,1H3. The number of anilines is 3. The van der Waals surface area contributed by atoms with Crippen LogP contribution in [0.15, 0.2) is 42.5 Å². The van der Waals surface area contributed by atoms with Crippen LogP contribution < -0.4 is 15.4 Å².